The molecule has 2 heterocycles. The molecule has 192 valence electrons. The SMILES string of the molecule is COc1ccc(-c2nnc(SCC(=O)Nc3ncc(Cc4ccc(Cl)c(Cl)c4)s3)n2-c2ccccc2)cc1. The Labute approximate surface area is 237 Å². The highest BCUT2D eigenvalue weighted by molar-refractivity contribution is 7.99. The highest BCUT2D eigenvalue weighted by Crippen LogP contribution is 2.30. The largest absolute Gasteiger partial charge is 0.497 e. The van der Waals surface area contributed by atoms with Gasteiger partial charge in [-0.25, -0.2) is 4.98 Å². The number of carbonyl (C=O) groups excluding carboxylic acids is 1. The minimum atomic E-state index is -0.181. The molecule has 2 aromatic heterocycles. The van der Waals surface area contributed by atoms with E-state index in [0.717, 1.165) is 27.4 Å². The number of aromatic nitrogens is 4. The topological polar surface area (TPSA) is 81.9 Å². The van der Waals surface area contributed by atoms with E-state index in [1.807, 2.05) is 71.3 Å². The zero-order valence-corrected chi connectivity index (χ0v) is 23.2. The number of nitrogens with one attached hydrogen (secondary N) is 1. The third-order valence-electron chi connectivity index (χ3n) is 5.49. The molecule has 0 atom stereocenters. The second-order valence-corrected chi connectivity index (χ2v) is 11.0. The van der Waals surface area contributed by atoms with Crippen molar-refractivity contribution < 1.29 is 9.53 Å². The predicted molar refractivity (Wildman–Crippen MR) is 154 cm³/mol. The number of amides is 1. The summed E-state index contributed by atoms with van der Waals surface area (Å²) in [5.74, 6) is 1.40. The van der Waals surface area contributed by atoms with Gasteiger partial charge in [0.2, 0.25) is 5.91 Å². The van der Waals surface area contributed by atoms with E-state index in [9.17, 15) is 4.79 Å². The van der Waals surface area contributed by atoms with Crippen molar-refractivity contribution in [3.05, 3.63) is 99.5 Å². The van der Waals surface area contributed by atoms with Crippen LogP contribution in [0.1, 0.15) is 10.4 Å². The molecule has 5 aromatic rings. The molecule has 1 N–H and O–H groups in total. The summed E-state index contributed by atoms with van der Waals surface area (Å²) in [7, 11) is 1.63. The number of hydrogen-bond acceptors (Lipinski definition) is 7. The minimum absolute atomic E-state index is 0.148. The van der Waals surface area contributed by atoms with Crippen LogP contribution in [-0.4, -0.2) is 38.5 Å². The zero-order chi connectivity index (χ0) is 26.5. The lowest BCUT2D eigenvalue weighted by Gasteiger charge is -2.10. The van der Waals surface area contributed by atoms with Crippen LogP contribution < -0.4 is 10.1 Å². The lowest BCUT2D eigenvalue weighted by molar-refractivity contribution is -0.113. The summed E-state index contributed by atoms with van der Waals surface area (Å²) >= 11 is 14.8. The third kappa shape index (κ3) is 6.19. The van der Waals surface area contributed by atoms with Crippen molar-refractivity contribution in [2.45, 2.75) is 11.6 Å². The van der Waals surface area contributed by atoms with Gasteiger partial charge in [0, 0.05) is 28.7 Å². The zero-order valence-electron chi connectivity index (χ0n) is 20.1. The van der Waals surface area contributed by atoms with Crippen LogP contribution in [0.15, 0.2) is 84.1 Å². The molecule has 0 saturated heterocycles. The van der Waals surface area contributed by atoms with Gasteiger partial charge in [0.25, 0.3) is 0 Å². The summed E-state index contributed by atoms with van der Waals surface area (Å²) in [5, 5.41) is 13.9. The number of benzene rings is 3. The summed E-state index contributed by atoms with van der Waals surface area (Å²) in [6, 6.07) is 23.0. The van der Waals surface area contributed by atoms with E-state index in [2.05, 4.69) is 20.5 Å². The Hall–Kier alpha value is -3.37. The molecular weight excluding hydrogens is 561 g/mol. The molecule has 5 rings (SSSR count). The second-order valence-electron chi connectivity index (χ2n) is 8.10. The first kappa shape index (κ1) is 26.2. The highest BCUT2D eigenvalue weighted by Gasteiger charge is 2.18. The summed E-state index contributed by atoms with van der Waals surface area (Å²) in [4.78, 5) is 18.1. The van der Waals surface area contributed by atoms with Crippen LogP contribution in [0, 0.1) is 0 Å². The Balaban J connectivity index is 1.28. The number of para-hydroxylation sites is 1. The Morgan fingerprint density at radius 2 is 1.82 bits per heavy atom. The first-order chi connectivity index (χ1) is 18.5. The van der Waals surface area contributed by atoms with Gasteiger partial charge in [-0.3, -0.25) is 9.36 Å². The molecule has 11 heteroatoms. The molecule has 3 aromatic carbocycles. The number of thiazole rings is 1. The number of nitrogens with zero attached hydrogens (tertiary/aromatic N) is 4. The average Bonchev–Trinajstić information content (AvgIpc) is 3.57. The predicted octanol–water partition coefficient (Wildman–Crippen LogP) is 7.03. The standard InChI is InChI=1S/C27H21Cl2N5O2S2/c1-36-20-10-8-18(9-11-20)25-32-33-27(34(25)19-5-3-2-4-6-19)37-16-24(35)31-26-30-15-21(38-26)13-17-7-12-22(28)23(29)14-17/h2-12,14-15H,13,16H2,1H3,(H,30,31,35). The fraction of sp³-hybridized carbons (Fsp3) is 0.111. The molecule has 1 amide bonds. The van der Waals surface area contributed by atoms with E-state index >= 15 is 0 Å². The Morgan fingerprint density at radius 1 is 1.03 bits per heavy atom. The van der Waals surface area contributed by atoms with Gasteiger partial charge in [-0.15, -0.1) is 21.5 Å². The van der Waals surface area contributed by atoms with Crippen molar-refractivity contribution >= 4 is 57.3 Å². The average molecular weight is 583 g/mol. The molecule has 0 aliphatic heterocycles. The third-order valence-corrected chi connectivity index (χ3v) is 8.07. The lowest BCUT2D eigenvalue weighted by Crippen LogP contribution is -2.14. The number of halogens is 2. The van der Waals surface area contributed by atoms with Gasteiger partial charge in [0.15, 0.2) is 16.1 Å². The van der Waals surface area contributed by atoms with Crippen molar-refractivity contribution in [3.8, 4) is 22.8 Å². The first-order valence-corrected chi connectivity index (χ1v) is 14.0. The van der Waals surface area contributed by atoms with Crippen LogP contribution in [0.25, 0.3) is 17.1 Å². The number of anilines is 1. The number of rotatable bonds is 9. The molecular formula is C27H21Cl2N5O2S2. The molecule has 0 saturated carbocycles. The molecule has 0 fully saturated rings. The van der Waals surface area contributed by atoms with Crippen LogP contribution in [0.5, 0.6) is 5.75 Å². The van der Waals surface area contributed by atoms with E-state index in [4.69, 9.17) is 27.9 Å². The normalized spacial score (nSPS) is 10.9. The van der Waals surface area contributed by atoms with Gasteiger partial charge in [-0.1, -0.05) is 59.2 Å². The maximum Gasteiger partial charge on any atom is 0.236 e. The molecule has 7 nitrogen and oxygen atoms in total. The molecule has 0 unspecified atom stereocenters. The van der Waals surface area contributed by atoms with Crippen molar-refractivity contribution in [2.75, 3.05) is 18.2 Å². The summed E-state index contributed by atoms with van der Waals surface area (Å²) in [6.45, 7) is 0. The first-order valence-electron chi connectivity index (χ1n) is 11.5. The van der Waals surface area contributed by atoms with E-state index in [-0.39, 0.29) is 11.7 Å². The van der Waals surface area contributed by atoms with Gasteiger partial charge in [0.1, 0.15) is 5.75 Å². The molecule has 0 aliphatic carbocycles. The molecule has 0 bridgehead atoms. The van der Waals surface area contributed by atoms with E-state index in [1.165, 1.54) is 23.1 Å². The van der Waals surface area contributed by atoms with Crippen LogP contribution in [0.3, 0.4) is 0 Å². The second kappa shape index (κ2) is 12.0. The summed E-state index contributed by atoms with van der Waals surface area (Å²) in [6.07, 6.45) is 2.40. The van der Waals surface area contributed by atoms with E-state index in [1.54, 1.807) is 19.4 Å². The van der Waals surface area contributed by atoms with E-state index < -0.39 is 0 Å². The Kier molecular flexibility index (Phi) is 8.29. The minimum Gasteiger partial charge on any atom is -0.497 e. The van der Waals surface area contributed by atoms with Crippen molar-refractivity contribution in [1.82, 2.24) is 19.7 Å². The van der Waals surface area contributed by atoms with Crippen LogP contribution in [-0.2, 0) is 11.2 Å². The molecule has 38 heavy (non-hydrogen) atoms. The number of carbonyl (C=O) groups is 1. The highest BCUT2D eigenvalue weighted by atomic mass is 35.5. The smallest absolute Gasteiger partial charge is 0.236 e. The molecule has 0 radical (unpaired) electrons. The number of methoxy groups -OCH3 is 1. The van der Waals surface area contributed by atoms with Gasteiger partial charge < -0.3 is 10.1 Å². The summed E-state index contributed by atoms with van der Waals surface area (Å²) < 4.78 is 7.22. The Morgan fingerprint density at radius 3 is 2.55 bits per heavy atom. The van der Waals surface area contributed by atoms with E-state index in [0.29, 0.717) is 32.6 Å². The molecule has 0 spiro atoms. The number of thioether (sulfide) groups is 1. The maximum atomic E-state index is 12.8. The van der Waals surface area contributed by atoms with Gasteiger partial charge >= 0.3 is 0 Å². The number of ether oxygens (including phenoxy) is 1. The van der Waals surface area contributed by atoms with Gasteiger partial charge in [-0.05, 0) is 54.1 Å². The van der Waals surface area contributed by atoms with Gasteiger partial charge in [-0.2, -0.15) is 0 Å². The molecule has 0 aliphatic rings. The number of hydrogen-bond donors (Lipinski definition) is 1. The maximum absolute atomic E-state index is 12.8. The van der Waals surface area contributed by atoms with Crippen molar-refractivity contribution in [3.63, 3.8) is 0 Å². The Bertz CT molecular complexity index is 1560. The quantitative estimate of drug-likeness (QED) is 0.188. The fourth-order valence-electron chi connectivity index (χ4n) is 3.68. The fourth-order valence-corrected chi connectivity index (χ4v) is 5.62. The van der Waals surface area contributed by atoms with Crippen LogP contribution in [0.4, 0.5) is 5.13 Å². The lowest BCUT2D eigenvalue weighted by atomic mass is 10.1. The van der Waals surface area contributed by atoms with Crippen molar-refractivity contribution in [1.29, 1.82) is 0 Å². The summed E-state index contributed by atoms with van der Waals surface area (Å²) in [5.41, 5.74) is 2.80. The monoisotopic (exact) mass is 581 g/mol. The van der Waals surface area contributed by atoms with Crippen LogP contribution in [0.2, 0.25) is 10.0 Å². The van der Waals surface area contributed by atoms with Crippen molar-refractivity contribution in [2.24, 2.45) is 0 Å². The van der Waals surface area contributed by atoms with Gasteiger partial charge in [0.05, 0.1) is 22.9 Å². The van der Waals surface area contributed by atoms with Crippen LogP contribution >= 0.6 is 46.3 Å².